The zero-order valence-corrected chi connectivity index (χ0v) is 26.5. The summed E-state index contributed by atoms with van der Waals surface area (Å²) in [6.07, 6.45) is 15.7. The van der Waals surface area contributed by atoms with Crippen LogP contribution in [0.2, 0.25) is 6.32 Å². The number of esters is 3. The summed E-state index contributed by atoms with van der Waals surface area (Å²) in [5, 5.41) is 0. The Labute approximate surface area is 250 Å². The Balaban J connectivity index is 2.51. The van der Waals surface area contributed by atoms with Crippen LogP contribution in [0.5, 0.6) is 0 Å². The number of rotatable bonds is 25. The predicted octanol–water partition coefficient (Wildman–Crippen LogP) is 7.24. The molecule has 1 rings (SSSR count). The lowest BCUT2D eigenvalue weighted by Gasteiger charge is -2.47. The van der Waals surface area contributed by atoms with Crippen LogP contribution in [0.15, 0.2) is 0 Å². The van der Waals surface area contributed by atoms with E-state index in [0.29, 0.717) is 13.0 Å². The van der Waals surface area contributed by atoms with Crippen molar-refractivity contribution >= 4 is 31.0 Å². The highest BCUT2D eigenvalue weighted by Gasteiger charge is 2.39. The second kappa shape index (κ2) is 23.5. The summed E-state index contributed by atoms with van der Waals surface area (Å²) >= 11 is 0. The van der Waals surface area contributed by atoms with E-state index in [-0.39, 0.29) is 55.9 Å². The molecule has 0 aromatic rings. The molecule has 3 atom stereocenters. The molecular formula is C32H57BNO7. The number of ether oxygens (including phenoxy) is 3. The summed E-state index contributed by atoms with van der Waals surface area (Å²) in [7, 11) is 1.69. The molecule has 1 saturated heterocycles. The van der Waals surface area contributed by atoms with Gasteiger partial charge in [-0.15, -0.1) is 0 Å². The van der Waals surface area contributed by atoms with Crippen molar-refractivity contribution in [2.45, 2.75) is 155 Å². The van der Waals surface area contributed by atoms with Gasteiger partial charge < -0.3 is 19.1 Å². The fourth-order valence-electron chi connectivity index (χ4n) is 5.13. The first kappa shape index (κ1) is 37.0. The van der Waals surface area contributed by atoms with E-state index in [1.165, 1.54) is 38.5 Å². The van der Waals surface area contributed by atoms with Crippen molar-refractivity contribution in [3.8, 4) is 0 Å². The topological polar surface area (TPSA) is 99.2 Å². The van der Waals surface area contributed by atoms with Crippen molar-refractivity contribution in [1.82, 2.24) is 4.90 Å². The van der Waals surface area contributed by atoms with E-state index in [1.807, 2.05) is 13.8 Å². The van der Waals surface area contributed by atoms with E-state index in [1.54, 1.807) is 12.2 Å². The van der Waals surface area contributed by atoms with Gasteiger partial charge in [-0.2, -0.15) is 0 Å². The molecule has 235 valence electrons. The molecule has 0 bridgehead atoms. The molecule has 1 fully saturated rings. The van der Waals surface area contributed by atoms with Crippen molar-refractivity contribution in [2.24, 2.45) is 5.92 Å². The number of carbonyl (C=O) groups excluding carboxylic acids is 4. The Kier molecular flexibility index (Phi) is 21.2. The van der Waals surface area contributed by atoms with Crippen LogP contribution >= 0.6 is 0 Å². The van der Waals surface area contributed by atoms with E-state index in [2.05, 4.69) is 13.8 Å². The highest BCUT2D eigenvalue weighted by Crippen LogP contribution is 2.26. The van der Waals surface area contributed by atoms with E-state index in [4.69, 9.17) is 14.2 Å². The number of nitrogens with zero attached hydrogens (tertiary/aromatic N) is 1. The molecule has 0 aromatic carbocycles. The van der Waals surface area contributed by atoms with Crippen molar-refractivity contribution in [3.63, 3.8) is 0 Å². The third kappa shape index (κ3) is 17.5. The molecule has 1 aliphatic heterocycles. The zero-order valence-electron chi connectivity index (χ0n) is 26.5. The summed E-state index contributed by atoms with van der Waals surface area (Å²) in [5.41, 5.74) is 0. The van der Waals surface area contributed by atoms with Gasteiger partial charge in [0.1, 0.15) is 6.61 Å². The van der Waals surface area contributed by atoms with E-state index >= 15 is 0 Å². The Morgan fingerprint density at radius 2 is 1.32 bits per heavy atom. The fourth-order valence-corrected chi connectivity index (χ4v) is 5.13. The standard InChI is InChI=1S/C32H57BNO7/c1-5-8-10-12-14-16-18-29(35)40-24-27(22-30(36)39-20-17-15-13-11-9-6-2)23-31(37)41-25-28-21-26(4)34(28)32(38)33-19-7-3/h26-28H,5-25H2,1-4H3. The first-order valence-electron chi connectivity index (χ1n) is 16.4. The summed E-state index contributed by atoms with van der Waals surface area (Å²) in [5.74, 6) is -1.69. The highest BCUT2D eigenvalue weighted by atomic mass is 16.5. The maximum atomic E-state index is 12.7. The molecule has 41 heavy (non-hydrogen) atoms. The van der Waals surface area contributed by atoms with Crippen LogP contribution in [-0.2, 0) is 28.6 Å². The van der Waals surface area contributed by atoms with Crippen molar-refractivity contribution in [1.29, 1.82) is 0 Å². The molecule has 3 unspecified atom stereocenters. The quantitative estimate of drug-likeness (QED) is 0.0487. The lowest BCUT2D eigenvalue weighted by Crippen LogP contribution is -2.60. The second-order valence-corrected chi connectivity index (χ2v) is 11.6. The Morgan fingerprint density at radius 1 is 0.732 bits per heavy atom. The van der Waals surface area contributed by atoms with Crippen LogP contribution in [0.25, 0.3) is 0 Å². The van der Waals surface area contributed by atoms with Crippen molar-refractivity contribution in [2.75, 3.05) is 19.8 Å². The molecule has 1 aliphatic rings. The number of amides is 1. The van der Waals surface area contributed by atoms with Gasteiger partial charge in [-0.25, -0.2) is 0 Å². The third-order valence-corrected chi connectivity index (χ3v) is 7.67. The molecule has 0 spiro atoms. The normalized spacial score (nSPS) is 16.9. The molecule has 0 N–H and O–H groups in total. The minimum Gasteiger partial charge on any atom is -0.466 e. The minimum absolute atomic E-state index is 0.00765. The molecule has 1 heterocycles. The maximum Gasteiger partial charge on any atom is 0.306 e. The van der Waals surface area contributed by atoms with Gasteiger partial charge in [-0.1, -0.05) is 97.7 Å². The van der Waals surface area contributed by atoms with E-state index < -0.39 is 11.9 Å². The number of carbonyl (C=O) groups is 4. The fraction of sp³-hybridized carbons (Fsp3) is 0.875. The van der Waals surface area contributed by atoms with Gasteiger partial charge >= 0.3 is 17.9 Å². The van der Waals surface area contributed by atoms with Gasteiger partial charge in [0, 0.05) is 18.4 Å². The van der Waals surface area contributed by atoms with Crippen LogP contribution < -0.4 is 0 Å². The number of likely N-dealkylation sites (tertiary alicyclic amines) is 1. The van der Waals surface area contributed by atoms with Crippen molar-refractivity contribution in [3.05, 3.63) is 0 Å². The van der Waals surface area contributed by atoms with Gasteiger partial charge in [0.2, 0.25) is 7.28 Å². The first-order valence-corrected chi connectivity index (χ1v) is 16.4. The average molecular weight is 579 g/mol. The predicted molar refractivity (Wildman–Crippen MR) is 163 cm³/mol. The highest BCUT2D eigenvalue weighted by molar-refractivity contribution is 6.73. The van der Waals surface area contributed by atoms with Gasteiger partial charge in [0.15, 0.2) is 5.81 Å². The van der Waals surface area contributed by atoms with Gasteiger partial charge in [0.25, 0.3) is 0 Å². The van der Waals surface area contributed by atoms with Crippen LogP contribution in [0, 0.1) is 5.92 Å². The summed E-state index contributed by atoms with van der Waals surface area (Å²) in [4.78, 5) is 51.7. The van der Waals surface area contributed by atoms with Gasteiger partial charge in [-0.3, -0.25) is 19.2 Å². The molecule has 9 heteroatoms. The Bertz CT molecular complexity index is 748. The summed E-state index contributed by atoms with van der Waals surface area (Å²) < 4.78 is 16.4. The third-order valence-electron chi connectivity index (χ3n) is 7.67. The van der Waals surface area contributed by atoms with Crippen LogP contribution in [0.1, 0.15) is 137 Å². The zero-order chi connectivity index (χ0) is 30.3. The molecule has 8 nitrogen and oxygen atoms in total. The molecule has 1 radical (unpaired) electrons. The molecule has 0 aliphatic carbocycles. The van der Waals surface area contributed by atoms with E-state index in [9.17, 15) is 19.2 Å². The van der Waals surface area contributed by atoms with Crippen LogP contribution in [0.4, 0.5) is 4.79 Å². The maximum absolute atomic E-state index is 12.7. The monoisotopic (exact) mass is 578 g/mol. The van der Waals surface area contributed by atoms with Crippen molar-refractivity contribution < 1.29 is 33.4 Å². The molecular weight excluding hydrogens is 521 g/mol. The second-order valence-electron chi connectivity index (χ2n) is 11.6. The SMILES string of the molecule is CCC[B]C(=O)N1C(C)CC1COC(=O)CC(COC(=O)CCCCCCCC)CC(=O)OCCCCCCCC. The smallest absolute Gasteiger partial charge is 0.306 e. The van der Waals surface area contributed by atoms with Crippen LogP contribution in [0.3, 0.4) is 0 Å². The number of hydrogen-bond acceptors (Lipinski definition) is 7. The number of hydrogen-bond donors (Lipinski definition) is 0. The molecule has 0 saturated carbocycles. The first-order chi connectivity index (χ1) is 19.8. The van der Waals surface area contributed by atoms with Gasteiger partial charge in [-0.05, 0) is 26.2 Å². The average Bonchev–Trinajstić information content (AvgIpc) is 2.93. The Hall–Kier alpha value is -2.06. The minimum atomic E-state index is -0.510. The van der Waals surface area contributed by atoms with Crippen LogP contribution in [-0.4, -0.2) is 67.8 Å². The van der Waals surface area contributed by atoms with Gasteiger partial charge in [0.05, 0.1) is 32.1 Å². The summed E-state index contributed by atoms with van der Waals surface area (Å²) in [6.45, 7) is 8.83. The largest absolute Gasteiger partial charge is 0.466 e. The summed E-state index contributed by atoms with van der Waals surface area (Å²) in [6, 6.07) is -0.00928. The lowest BCUT2D eigenvalue weighted by atomic mass is 9.70. The molecule has 0 aromatic heterocycles. The lowest BCUT2D eigenvalue weighted by molar-refractivity contribution is -0.154. The molecule has 1 amide bonds. The number of unbranched alkanes of at least 4 members (excludes halogenated alkanes) is 10. The van der Waals surface area contributed by atoms with E-state index in [0.717, 1.165) is 57.7 Å². The Morgan fingerprint density at radius 3 is 1.93 bits per heavy atom.